The van der Waals surface area contributed by atoms with Crippen molar-refractivity contribution in [1.29, 1.82) is 0 Å². The Bertz CT molecular complexity index is 982. The van der Waals surface area contributed by atoms with Crippen LogP contribution in [0.25, 0.3) is 0 Å². The number of rotatable bonds is 11. The monoisotopic (exact) mass is 514 g/mol. The highest BCUT2D eigenvalue weighted by atomic mass is 79.9. The summed E-state index contributed by atoms with van der Waals surface area (Å²) in [7, 11) is -1.86. The summed E-state index contributed by atoms with van der Waals surface area (Å²) in [6.07, 6.45) is 1.11. The normalized spacial score (nSPS) is 11.8. The van der Waals surface area contributed by atoms with Gasteiger partial charge in [-0.1, -0.05) is 0 Å². The predicted octanol–water partition coefficient (Wildman–Crippen LogP) is 4.04. The first-order valence-corrected chi connectivity index (χ1v) is 12.3. The van der Waals surface area contributed by atoms with Crippen LogP contribution in [0.3, 0.4) is 0 Å². The molecule has 9 nitrogen and oxygen atoms in total. The molecule has 0 unspecified atom stereocenters. The molecular weight excluding hydrogens is 487 g/mol. The van der Waals surface area contributed by atoms with Crippen LogP contribution in [0, 0.1) is 13.8 Å². The fourth-order valence-corrected chi connectivity index (χ4v) is 4.66. The summed E-state index contributed by atoms with van der Waals surface area (Å²) in [6.45, 7) is 8.19. The largest absolute Gasteiger partial charge is 0.496 e. The zero-order valence-electron chi connectivity index (χ0n) is 18.3. The zero-order valence-corrected chi connectivity index (χ0v) is 20.8. The van der Waals surface area contributed by atoms with E-state index < -0.39 is 19.7 Å². The number of methoxy groups -OCH3 is 1. The van der Waals surface area contributed by atoms with E-state index in [0.717, 1.165) is 32.7 Å². The highest BCUT2D eigenvalue weighted by Gasteiger charge is 2.27. The molecule has 0 saturated heterocycles. The van der Waals surface area contributed by atoms with Gasteiger partial charge in [0.05, 0.1) is 48.9 Å². The first kappa shape index (κ1) is 25.3. The van der Waals surface area contributed by atoms with Crippen molar-refractivity contribution in [2.24, 2.45) is 5.10 Å². The lowest BCUT2D eigenvalue weighted by molar-refractivity contribution is -0.118. The van der Waals surface area contributed by atoms with E-state index in [1.165, 1.54) is 6.21 Å². The van der Waals surface area contributed by atoms with Gasteiger partial charge in [-0.3, -0.25) is 14.0 Å². The van der Waals surface area contributed by atoms with Gasteiger partial charge in [-0.15, -0.1) is 0 Å². The molecule has 31 heavy (non-hydrogen) atoms. The summed E-state index contributed by atoms with van der Waals surface area (Å²) in [4.78, 5) is 12.1. The summed E-state index contributed by atoms with van der Waals surface area (Å²) in [5.41, 5.74) is 5.96. The number of benzene rings is 1. The van der Waals surface area contributed by atoms with Crippen molar-refractivity contribution in [3.8, 4) is 5.75 Å². The van der Waals surface area contributed by atoms with Crippen molar-refractivity contribution in [3.05, 3.63) is 45.2 Å². The van der Waals surface area contributed by atoms with Crippen molar-refractivity contribution in [3.63, 3.8) is 0 Å². The first-order valence-electron chi connectivity index (χ1n) is 9.79. The molecule has 1 heterocycles. The fourth-order valence-electron chi connectivity index (χ4n) is 2.90. The Hall–Kier alpha value is -2.00. The molecule has 0 aliphatic rings. The average molecular weight is 515 g/mol. The Balaban J connectivity index is 2.10. The third-order valence-electron chi connectivity index (χ3n) is 4.31. The van der Waals surface area contributed by atoms with Crippen molar-refractivity contribution >= 4 is 35.6 Å². The first-order chi connectivity index (χ1) is 14.7. The van der Waals surface area contributed by atoms with Crippen LogP contribution in [-0.2, 0) is 25.0 Å². The van der Waals surface area contributed by atoms with Gasteiger partial charge in [-0.05, 0) is 67.4 Å². The van der Waals surface area contributed by atoms with Crippen LogP contribution in [-0.4, -0.2) is 48.4 Å². The van der Waals surface area contributed by atoms with E-state index in [2.05, 4.69) is 31.6 Å². The molecule has 0 atom stereocenters. The predicted molar refractivity (Wildman–Crippen MR) is 123 cm³/mol. The lowest BCUT2D eigenvalue weighted by Gasteiger charge is -2.15. The molecule has 2 aromatic rings. The number of carbonyl (C=O) groups is 1. The maximum atomic E-state index is 12.4. The van der Waals surface area contributed by atoms with Crippen molar-refractivity contribution in [2.75, 3.05) is 26.5 Å². The van der Waals surface area contributed by atoms with E-state index in [1.807, 2.05) is 36.7 Å². The van der Waals surface area contributed by atoms with Crippen LogP contribution >= 0.6 is 23.5 Å². The van der Waals surface area contributed by atoms with Crippen molar-refractivity contribution in [2.45, 2.75) is 34.2 Å². The van der Waals surface area contributed by atoms with Gasteiger partial charge in [0.1, 0.15) is 11.9 Å². The number of hydrogen-bond acceptors (Lipinski definition) is 7. The van der Waals surface area contributed by atoms with E-state index in [1.54, 1.807) is 21.0 Å². The van der Waals surface area contributed by atoms with E-state index in [9.17, 15) is 9.36 Å². The second-order valence-electron chi connectivity index (χ2n) is 6.61. The van der Waals surface area contributed by atoms with Gasteiger partial charge in [0, 0.05) is 5.56 Å². The standard InChI is InChI=1S/C20H28BrN4O5P/c1-6-29-31(27,30-7-2)13-19(26)23-22-11-16-8-9-18(28-5)17(10-16)12-25-15(4)20(21)14(3)24-25/h8-11H,6-7,12-13H2,1-5H3,(H,23,26)/b22-11-. The SMILES string of the molecule is CCOP(=O)(CC(=O)N/N=C\c1ccc(OC)c(Cn2nc(C)c(Br)c2C)c1)OCC. The summed E-state index contributed by atoms with van der Waals surface area (Å²) >= 11 is 3.54. The number of hydrogen-bond donors (Lipinski definition) is 1. The minimum Gasteiger partial charge on any atom is -0.496 e. The average Bonchev–Trinajstić information content (AvgIpc) is 2.95. The molecule has 1 aromatic heterocycles. The number of carbonyl (C=O) groups excluding carboxylic acids is 1. The fraction of sp³-hybridized carbons (Fsp3) is 0.450. The lowest BCUT2D eigenvalue weighted by Crippen LogP contribution is -2.22. The van der Waals surface area contributed by atoms with Crippen LogP contribution in [0.1, 0.15) is 36.4 Å². The van der Waals surface area contributed by atoms with Gasteiger partial charge in [0.25, 0.3) is 5.91 Å². The van der Waals surface area contributed by atoms with Crippen LogP contribution in [0.5, 0.6) is 5.75 Å². The van der Waals surface area contributed by atoms with Gasteiger partial charge in [-0.25, -0.2) is 5.43 Å². The Morgan fingerprint density at radius 3 is 2.52 bits per heavy atom. The number of hydrazone groups is 1. The molecule has 0 aliphatic heterocycles. The van der Waals surface area contributed by atoms with E-state index in [4.69, 9.17) is 13.8 Å². The quantitative estimate of drug-likeness (QED) is 0.275. The molecule has 0 bridgehead atoms. The zero-order chi connectivity index (χ0) is 23.0. The smallest absolute Gasteiger partial charge is 0.340 e. The summed E-state index contributed by atoms with van der Waals surface area (Å²) in [6, 6.07) is 5.56. The third kappa shape index (κ3) is 7.00. The van der Waals surface area contributed by atoms with Gasteiger partial charge in [-0.2, -0.15) is 10.2 Å². The second kappa shape index (κ2) is 11.6. The summed E-state index contributed by atoms with van der Waals surface area (Å²) < 4.78 is 31.0. The minimum atomic E-state index is -3.47. The molecule has 0 saturated carbocycles. The molecule has 0 fully saturated rings. The van der Waals surface area contributed by atoms with Crippen LogP contribution in [0.2, 0.25) is 0 Å². The van der Waals surface area contributed by atoms with E-state index >= 15 is 0 Å². The Morgan fingerprint density at radius 2 is 1.97 bits per heavy atom. The molecule has 2 rings (SSSR count). The lowest BCUT2D eigenvalue weighted by atomic mass is 10.1. The summed E-state index contributed by atoms with van der Waals surface area (Å²) in [5.74, 6) is 0.168. The molecule has 1 amide bonds. The highest BCUT2D eigenvalue weighted by molar-refractivity contribution is 9.10. The Kier molecular flexibility index (Phi) is 9.43. The van der Waals surface area contributed by atoms with Gasteiger partial charge >= 0.3 is 7.60 Å². The molecule has 0 aliphatic carbocycles. The molecule has 11 heteroatoms. The van der Waals surface area contributed by atoms with Crippen LogP contribution in [0.4, 0.5) is 0 Å². The minimum absolute atomic E-state index is 0.189. The molecule has 0 spiro atoms. The van der Waals surface area contributed by atoms with Gasteiger partial charge in [0.15, 0.2) is 0 Å². The van der Waals surface area contributed by atoms with Gasteiger partial charge < -0.3 is 13.8 Å². The van der Waals surface area contributed by atoms with Crippen molar-refractivity contribution < 1.29 is 23.1 Å². The van der Waals surface area contributed by atoms with Crippen molar-refractivity contribution in [1.82, 2.24) is 15.2 Å². The van der Waals surface area contributed by atoms with Gasteiger partial charge in [0.2, 0.25) is 0 Å². The third-order valence-corrected chi connectivity index (χ3v) is 7.43. The number of amides is 1. The van der Waals surface area contributed by atoms with Crippen LogP contribution < -0.4 is 10.2 Å². The van der Waals surface area contributed by atoms with E-state index in [0.29, 0.717) is 6.54 Å². The number of halogens is 1. The summed E-state index contributed by atoms with van der Waals surface area (Å²) in [5, 5.41) is 8.49. The molecular formula is C20H28BrN4O5P. The van der Waals surface area contributed by atoms with E-state index in [-0.39, 0.29) is 13.2 Å². The van der Waals surface area contributed by atoms with Crippen LogP contribution in [0.15, 0.2) is 27.8 Å². The second-order valence-corrected chi connectivity index (χ2v) is 9.46. The number of nitrogens with one attached hydrogen (secondary N) is 1. The molecule has 1 N–H and O–H groups in total. The highest BCUT2D eigenvalue weighted by Crippen LogP contribution is 2.47. The molecule has 170 valence electrons. The molecule has 1 aromatic carbocycles. The number of aromatic nitrogens is 2. The topological polar surface area (TPSA) is 104 Å². The number of aryl methyl sites for hydroxylation is 1. The maximum Gasteiger partial charge on any atom is 0.340 e. The number of ether oxygens (including phenoxy) is 1. The Labute approximate surface area is 190 Å². The number of nitrogens with zero attached hydrogens (tertiary/aromatic N) is 3. The maximum absolute atomic E-state index is 12.4. The molecule has 0 radical (unpaired) electrons. The Morgan fingerprint density at radius 1 is 1.29 bits per heavy atom.